The van der Waals surface area contributed by atoms with Gasteiger partial charge in [0.2, 0.25) is 0 Å². The maximum Gasteiger partial charge on any atom is 0.0701 e. The van der Waals surface area contributed by atoms with Crippen LogP contribution in [0.3, 0.4) is 0 Å². The third-order valence-corrected chi connectivity index (χ3v) is 2.37. The van der Waals surface area contributed by atoms with Crippen LogP contribution in [-0.2, 0) is 0 Å². The summed E-state index contributed by atoms with van der Waals surface area (Å²) in [6, 6.07) is 0. The minimum atomic E-state index is -0.391. The van der Waals surface area contributed by atoms with Gasteiger partial charge in [-0.05, 0) is 44.8 Å². The maximum atomic E-state index is 8.95. The van der Waals surface area contributed by atoms with Crippen molar-refractivity contribution in [2.24, 2.45) is 0 Å². The third-order valence-electron chi connectivity index (χ3n) is 2.37. The molecule has 0 fully saturated rings. The van der Waals surface area contributed by atoms with Crippen molar-refractivity contribution in [2.75, 3.05) is 0 Å². The first-order valence-electron chi connectivity index (χ1n) is 6.75. The van der Waals surface area contributed by atoms with Crippen molar-refractivity contribution >= 4 is 0 Å². The third kappa shape index (κ3) is 15.0. The Bertz CT molecular complexity index is 263. The molecule has 1 heteroatoms. The van der Waals surface area contributed by atoms with E-state index in [1.807, 2.05) is 0 Å². The normalized spacial score (nSPS) is 12.9. The van der Waals surface area contributed by atoms with Crippen molar-refractivity contribution in [3.05, 3.63) is 24.3 Å². The van der Waals surface area contributed by atoms with Crippen molar-refractivity contribution in [1.29, 1.82) is 0 Å². The van der Waals surface area contributed by atoms with E-state index in [9.17, 15) is 0 Å². The van der Waals surface area contributed by atoms with Gasteiger partial charge in [0.05, 0.1) is 6.10 Å². The summed E-state index contributed by atoms with van der Waals surface area (Å²) < 4.78 is 0. The minimum Gasteiger partial charge on any atom is -0.389 e. The summed E-state index contributed by atoms with van der Waals surface area (Å²) >= 11 is 0. The molecule has 0 saturated carbocycles. The van der Waals surface area contributed by atoms with Gasteiger partial charge in [0.1, 0.15) is 0 Å². The summed E-state index contributed by atoms with van der Waals surface area (Å²) in [5.41, 5.74) is 0. The van der Waals surface area contributed by atoms with E-state index in [1.54, 1.807) is 19.1 Å². The zero-order valence-corrected chi connectivity index (χ0v) is 11.3. The second-order valence-corrected chi connectivity index (χ2v) is 4.28. The number of allylic oxidation sites excluding steroid dienone is 3. The Hall–Kier alpha value is -1.00. The molecule has 0 radical (unpaired) electrons. The van der Waals surface area contributed by atoms with Crippen molar-refractivity contribution in [2.45, 2.75) is 64.9 Å². The summed E-state index contributed by atoms with van der Waals surface area (Å²) in [5.74, 6) is 6.01. The summed E-state index contributed by atoms with van der Waals surface area (Å²) in [5, 5.41) is 8.95. The standard InChI is InChI=1S/C16H26O/c1-3-4-5-6-7-8-9-10-11-12-13-14-15-16(2)17/h6-7,14-17H,3-5,8-11H2,1-2H3/b7-6-,15-14+/t16-/m0/s1. The molecule has 0 bridgehead atoms. The highest BCUT2D eigenvalue weighted by atomic mass is 16.3. The first-order valence-corrected chi connectivity index (χ1v) is 6.75. The van der Waals surface area contributed by atoms with E-state index in [4.69, 9.17) is 5.11 Å². The van der Waals surface area contributed by atoms with Crippen LogP contribution < -0.4 is 0 Å². The number of hydrogen-bond donors (Lipinski definition) is 1. The van der Waals surface area contributed by atoms with E-state index < -0.39 is 6.10 Å². The lowest BCUT2D eigenvalue weighted by Crippen LogP contribution is -1.90. The van der Waals surface area contributed by atoms with Gasteiger partial charge in [-0.2, -0.15) is 0 Å². The monoisotopic (exact) mass is 234 g/mol. The zero-order valence-electron chi connectivity index (χ0n) is 11.3. The van der Waals surface area contributed by atoms with Crippen LogP contribution in [-0.4, -0.2) is 11.2 Å². The lowest BCUT2D eigenvalue weighted by Gasteiger charge is -1.92. The van der Waals surface area contributed by atoms with Crippen molar-refractivity contribution in [3.8, 4) is 11.8 Å². The SMILES string of the molecule is CCCC/C=C\CCCCC#C/C=C/[C@H](C)O. The van der Waals surface area contributed by atoms with Gasteiger partial charge in [-0.3, -0.25) is 0 Å². The molecular formula is C16H26O. The smallest absolute Gasteiger partial charge is 0.0701 e. The molecule has 0 aromatic carbocycles. The minimum absolute atomic E-state index is 0.391. The Morgan fingerprint density at radius 1 is 1.12 bits per heavy atom. The topological polar surface area (TPSA) is 20.2 Å². The molecule has 1 nitrogen and oxygen atoms in total. The van der Waals surface area contributed by atoms with Crippen LogP contribution in [0.4, 0.5) is 0 Å². The molecule has 0 aromatic heterocycles. The Morgan fingerprint density at radius 3 is 2.47 bits per heavy atom. The van der Waals surface area contributed by atoms with Gasteiger partial charge in [-0.15, -0.1) is 0 Å². The predicted octanol–water partition coefficient (Wildman–Crippen LogP) is 4.23. The molecule has 96 valence electrons. The van der Waals surface area contributed by atoms with E-state index in [1.165, 1.54) is 32.1 Å². The van der Waals surface area contributed by atoms with Gasteiger partial charge in [0, 0.05) is 6.42 Å². The van der Waals surface area contributed by atoms with E-state index in [0.29, 0.717) is 0 Å². The van der Waals surface area contributed by atoms with Crippen LogP contribution in [0.25, 0.3) is 0 Å². The second-order valence-electron chi connectivity index (χ2n) is 4.28. The van der Waals surface area contributed by atoms with Crippen LogP contribution >= 0.6 is 0 Å². The van der Waals surface area contributed by atoms with Crippen molar-refractivity contribution in [3.63, 3.8) is 0 Å². The van der Waals surface area contributed by atoms with Gasteiger partial charge in [-0.1, -0.05) is 43.8 Å². The van der Waals surface area contributed by atoms with Gasteiger partial charge in [0.15, 0.2) is 0 Å². The maximum absolute atomic E-state index is 8.95. The fraction of sp³-hybridized carbons (Fsp3) is 0.625. The molecule has 0 aliphatic rings. The molecule has 1 N–H and O–H groups in total. The lowest BCUT2D eigenvalue weighted by atomic mass is 10.1. The largest absolute Gasteiger partial charge is 0.389 e. The molecule has 1 atom stereocenters. The number of hydrogen-bond acceptors (Lipinski definition) is 1. The fourth-order valence-corrected chi connectivity index (χ4v) is 1.35. The molecule has 0 aliphatic carbocycles. The van der Waals surface area contributed by atoms with Crippen LogP contribution in [0, 0.1) is 11.8 Å². The average Bonchev–Trinajstić information content (AvgIpc) is 2.30. The van der Waals surface area contributed by atoms with Gasteiger partial charge < -0.3 is 5.11 Å². The van der Waals surface area contributed by atoms with Crippen LogP contribution in [0.1, 0.15) is 58.8 Å². The molecular weight excluding hydrogens is 208 g/mol. The van der Waals surface area contributed by atoms with Crippen molar-refractivity contribution < 1.29 is 5.11 Å². The van der Waals surface area contributed by atoms with Crippen LogP contribution in [0.5, 0.6) is 0 Å². The highest BCUT2D eigenvalue weighted by molar-refractivity contribution is 5.15. The first-order chi connectivity index (χ1) is 8.27. The lowest BCUT2D eigenvalue weighted by molar-refractivity contribution is 0.244. The number of rotatable bonds is 8. The molecule has 0 aromatic rings. The van der Waals surface area contributed by atoms with E-state index in [0.717, 1.165) is 12.8 Å². The number of unbranched alkanes of at least 4 members (excludes halogenated alkanes) is 5. The molecule has 0 unspecified atom stereocenters. The Kier molecular flexibility index (Phi) is 12.3. The summed E-state index contributed by atoms with van der Waals surface area (Å²) in [4.78, 5) is 0. The summed E-state index contributed by atoms with van der Waals surface area (Å²) in [6.45, 7) is 3.95. The highest BCUT2D eigenvalue weighted by Gasteiger charge is 1.84. The van der Waals surface area contributed by atoms with E-state index >= 15 is 0 Å². The number of aliphatic hydroxyl groups excluding tert-OH is 1. The first kappa shape index (κ1) is 16.0. The summed E-state index contributed by atoms with van der Waals surface area (Å²) in [6.07, 6.45) is 15.9. The Labute approximate surface area is 107 Å². The molecule has 0 spiro atoms. The van der Waals surface area contributed by atoms with Crippen molar-refractivity contribution in [1.82, 2.24) is 0 Å². The van der Waals surface area contributed by atoms with E-state index in [-0.39, 0.29) is 0 Å². The second kappa shape index (κ2) is 13.1. The van der Waals surface area contributed by atoms with Gasteiger partial charge in [-0.25, -0.2) is 0 Å². The molecule has 0 amide bonds. The fourth-order valence-electron chi connectivity index (χ4n) is 1.35. The molecule has 0 aliphatic heterocycles. The van der Waals surface area contributed by atoms with Gasteiger partial charge >= 0.3 is 0 Å². The predicted molar refractivity (Wildman–Crippen MR) is 75.7 cm³/mol. The zero-order chi connectivity index (χ0) is 12.8. The highest BCUT2D eigenvalue weighted by Crippen LogP contribution is 2.02. The van der Waals surface area contributed by atoms with Crippen LogP contribution in [0.15, 0.2) is 24.3 Å². The Balaban J connectivity index is 3.31. The van der Waals surface area contributed by atoms with E-state index in [2.05, 4.69) is 30.9 Å². The number of aliphatic hydroxyl groups is 1. The Morgan fingerprint density at radius 2 is 1.82 bits per heavy atom. The molecule has 0 heterocycles. The molecule has 0 saturated heterocycles. The van der Waals surface area contributed by atoms with Gasteiger partial charge in [0.25, 0.3) is 0 Å². The summed E-state index contributed by atoms with van der Waals surface area (Å²) in [7, 11) is 0. The average molecular weight is 234 g/mol. The molecule has 0 rings (SSSR count). The quantitative estimate of drug-likeness (QED) is 0.378. The van der Waals surface area contributed by atoms with Crippen LogP contribution in [0.2, 0.25) is 0 Å². The molecule has 17 heavy (non-hydrogen) atoms.